The fraction of sp³-hybridized carbons (Fsp3) is 0.269. The van der Waals surface area contributed by atoms with Gasteiger partial charge in [0.25, 0.3) is 0 Å². The Hall–Kier alpha value is -2.87. The van der Waals surface area contributed by atoms with Crippen molar-refractivity contribution in [1.82, 2.24) is 4.72 Å². The molecule has 3 aromatic rings. The van der Waals surface area contributed by atoms with Crippen LogP contribution in [0.2, 0.25) is 5.02 Å². The molecule has 3 rings (SSSR count). The third-order valence-electron chi connectivity index (χ3n) is 5.34. The lowest BCUT2D eigenvalue weighted by atomic mass is 10.0. The molecule has 6 nitrogen and oxygen atoms in total. The molecule has 0 radical (unpaired) electrons. The number of amides is 1. The molecule has 0 aliphatic carbocycles. The van der Waals surface area contributed by atoms with Crippen LogP contribution in [0.1, 0.15) is 29.2 Å². The molecule has 0 saturated heterocycles. The summed E-state index contributed by atoms with van der Waals surface area (Å²) in [5, 5.41) is 3.11. The van der Waals surface area contributed by atoms with E-state index >= 15 is 0 Å². The van der Waals surface area contributed by atoms with Gasteiger partial charge in [0.15, 0.2) is 0 Å². The van der Waals surface area contributed by atoms with Gasteiger partial charge in [-0.15, -0.1) is 0 Å². The lowest BCUT2D eigenvalue weighted by molar-refractivity contribution is -0.117. The maximum absolute atomic E-state index is 13.3. The van der Waals surface area contributed by atoms with Crippen molar-refractivity contribution in [2.45, 2.75) is 45.1 Å². The molecule has 0 aliphatic rings. The maximum atomic E-state index is 13.3. The van der Waals surface area contributed by atoms with E-state index in [0.29, 0.717) is 18.0 Å². The zero-order chi connectivity index (χ0) is 24.9. The zero-order valence-electron chi connectivity index (χ0n) is 19.7. The van der Waals surface area contributed by atoms with Gasteiger partial charge in [-0.2, -0.15) is 4.72 Å². The summed E-state index contributed by atoms with van der Waals surface area (Å²) in [6.45, 7) is 8.02. The predicted octanol–water partition coefficient (Wildman–Crippen LogP) is 5.19. The first-order valence-corrected chi connectivity index (χ1v) is 12.8. The number of hydrogen-bond donors (Lipinski definition) is 2. The van der Waals surface area contributed by atoms with Crippen LogP contribution in [-0.2, 0) is 21.2 Å². The summed E-state index contributed by atoms with van der Waals surface area (Å²) in [6, 6.07) is 16.4. The highest BCUT2D eigenvalue weighted by molar-refractivity contribution is 7.89. The van der Waals surface area contributed by atoms with Crippen LogP contribution in [0.25, 0.3) is 0 Å². The molecule has 0 spiro atoms. The highest BCUT2D eigenvalue weighted by Gasteiger charge is 2.27. The zero-order valence-corrected chi connectivity index (χ0v) is 21.3. The number of carbonyl (C=O) groups excluding carboxylic acids is 1. The molecule has 2 N–H and O–H groups in total. The van der Waals surface area contributed by atoms with E-state index in [2.05, 4.69) is 10.0 Å². The van der Waals surface area contributed by atoms with Crippen LogP contribution in [0.3, 0.4) is 0 Å². The van der Waals surface area contributed by atoms with Crippen LogP contribution >= 0.6 is 11.6 Å². The first-order chi connectivity index (χ1) is 16.1. The molecule has 0 bridgehead atoms. The third-order valence-corrected chi connectivity index (χ3v) is 7.10. The number of ether oxygens (including phenoxy) is 1. The summed E-state index contributed by atoms with van der Waals surface area (Å²) in [5.41, 5.74) is 4.40. The Labute approximate surface area is 206 Å². The Morgan fingerprint density at radius 1 is 1.00 bits per heavy atom. The summed E-state index contributed by atoms with van der Waals surface area (Å²) in [6.07, 6.45) is 0.181. The third kappa shape index (κ3) is 6.38. The van der Waals surface area contributed by atoms with Gasteiger partial charge in [-0.05, 0) is 69.0 Å². The molecule has 1 amide bonds. The van der Waals surface area contributed by atoms with Crippen molar-refractivity contribution in [2.24, 2.45) is 0 Å². The molecule has 1 unspecified atom stereocenters. The van der Waals surface area contributed by atoms with Gasteiger partial charge >= 0.3 is 0 Å². The van der Waals surface area contributed by atoms with Crippen LogP contribution in [-0.4, -0.2) is 27.0 Å². The number of halogens is 1. The van der Waals surface area contributed by atoms with E-state index in [1.54, 1.807) is 0 Å². The smallest absolute Gasteiger partial charge is 0.242 e. The first kappa shape index (κ1) is 25.7. The maximum Gasteiger partial charge on any atom is 0.242 e. The average Bonchev–Trinajstić information content (AvgIpc) is 2.77. The molecule has 34 heavy (non-hydrogen) atoms. The van der Waals surface area contributed by atoms with E-state index in [9.17, 15) is 13.2 Å². The van der Waals surface area contributed by atoms with Crippen molar-refractivity contribution in [1.29, 1.82) is 0 Å². The summed E-state index contributed by atoms with van der Waals surface area (Å²) >= 11 is 6.20. The fourth-order valence-corrected chi connectivity index (χ4v) is 5.32. The van der Waals surface area contributed by atoms with Crippen molar-refractivity contribution >= 4 is 33.2 Å². The molecule has 0 saturated carbocycles. The summed E-state index contributed by atoms with van der Waals surface area (Å²) in [4.78, 5) is 13.3. The van der Waals surface area contributed by atoms with E-state index < -0.39 is 22.0 Å². The summed E-state index contributed by atoms with van der Waals surface area (Å²) in [5.74, 6) is -0.0495. The first-order valence-electron chi connectivity index (χ1n) is 11.0. The minimum absolute atomic E-state index is 0.0467. The number of benzene rings is 3. The van der Waals surface area contributed by atoms with Crippen molar-refractivity contribution in [2.75, 3.05) is 11.9 Å². The summed E-state index contributed by atoms with van der Waals surface area (Å²) in [7, 11) is -4.05. The Bertz CT molecular complexity index is 1250. The van der Waals surface area contributed by atoms with Gasteiger partial charge < -0.3 is 10.1 Å². The predicted molar refractivity (Wildman–Crippen MR) is 136 cm³/mol. The fourth-order valence-electron chi connectivity index (χ4n) is 3.80. The molecule has 0 aliphatic heterocycles. The minimum Gasteiger partial charge on any atom is -0.492 e. The highest BCUT2D eigenvalue weighted by atomic mass is 35.5. The molecule has 0 fully saturated rings. The second-order valence-electron chi connectivity index (χ2n) is 8.15. The number of rotatable bonds is 9. The van der Waals surface area contributed by atoms with Gasteiger partial charge in [0.2, 0.25) is 15.9 Å². The average molecular weight is 501 g/mol. The second-order valence-corrected chi connectivity index (χ2v) is 10.3. The number of hydrogen-bond acceptors (Lipinski definition) is 4. The largest absolute Gasteiger partial charge is 0.492 e. The molecule has 0 aromatic heterocycles. The minimum atomic E-state index is -4.05. The van der Waals surface area contributed by atoms with Crippen molar-refractivity contribution in [3.63, 3.8) is 0 Å². The van der Waals surface area contributed by atoms with E-state index in [1.165, 1.54) is 18.2 Å². The van der Waals surface area contributed by atoms with Crippen LogP contribution < -0.4 is 14.8 Å². The van der Waals surface area contributed by atoms with Crippen LogP contribution in [0.15, 0.2) is 65.6 Å². The monoisotopic (exact) mass is 500 g/mol. The lowest BCUT2D eigenvalue weighted by Crippen LogP contribution is -2.45. The van der Waals surface area contributed by atoms with Gasteiger partial charge in [0.1, 0.15) is 11.8 Å². The summed E-state index contributed by atoms with van der Waals surface area (Å²) < 4.78 is 34.4. The number of nitrogens with one attached hydrogen (secondary N) is 2. The van der Waals surface area contributed by atoms with Gasteiger partial charge in [0, 0.05) is 5.69 Å². The number of anilines is 1. The SMILES string of the molecule is CCOc1ccc(S(=O)(=O)NC(Cc2ccccc2)C(=O)Nc2c(C)cc(C)cc2C)cc1Cl. The highest BCUT2D eigenvalue weighted by Crippen LogP contribution is 2.28. The van der Waals surface area contributed by atoms with E-state index in [4.69, 9.17) is 16.3 Å². The van der Waals surface area contributed by atoms with E-state index in [1.807, 2.05) is 70.2 Å². The van der Waals surface area contributed by atoms with Gasteiger partial charge in [0.05, 0.1) is 16.5 Å². The molecule has 0 heterocycles. The molecule has 180 valence electrons. The molecule has 1 atom stereocenters. The van der Waals surface area contributed by atoms with Crippen LogP contribution in [0.4, 0.5) is 5.69 Å². The Morgan fingerprint density at radius 3 is 2.24 bits per heavy atom. The Kier molecular flexibility index (Phi) is 8.36. The van der Waals surface area contributed by atoms with Crippen molar-refractivity contribution in [3.05, 3.63) is 87.9 Å². The lowest BCUT2D eigenvalue weighted by Gasteiger charge is -2.21. The van der Waals surface area contributed by atoms with Crippen LogP contribution in [0.5, 0.6) is 5.75 Å². The Morgan fingerprint density at radius 2 is 1.65 bits per heavy atom. The topological polar surface area (TPSA) is 84.5 Å². The normalized spacial score (nSPS) is 12.3. The molecule has 3 aromatic carbocycles. The van der Waals surface area contributed by atoms with Crippen molar-refractivity contribution in [3.8, 4) is 5.75 Å². The number of aryl methyl sites for hydroxylation is 3. The van der Waals surface area contributed by atoms with Gasteiger partial charge in [-0.3, -0.25) is 4.79 Å². The number of sulfonamides is 1. The van der Waals surface area contributed by atoms with Crippen LogP contribution in [0, 0.1) is 20.8 Å². The van der Waals surface area contributed by atoms with E-state index in [0.717, 1.165) is 22.3 Å². The van der Waals surface area contributed by atoms with E-state index in [-0.39, 0.29) is 16.3 Å². The quantitative estimate of drug-likeness (QED) is 0.423. The standard InChI is InChI=1S/C26H29ClN2O4S/c1-5-33-24-12-11-21(16-22(24)27)34(31,32)29-23(15-20-9-7-6-8-10-20)26(30)28-25-18(3)13-17(2)14-19(25)4/h6-14,16,23,29H,5,15H2,1-4H3,(H,28,30). The number of carbonyl (C=O) groups is 1. The molecular weight excluding hydrogens is 472 g/mol. The van der Waals surface area contributed by atoms with Gasteiger partial charge in [-0.1, -0.05) is 59.6 Å². The second kappa shape index (κ2) is 11.0. The van der Waals surface area contributed by atoms with Gasteiger partial charge in [-0.25, -0.2) is 8.42 Å². The molecule has 8 heteroatoms. The van der Waals surface area contributed by atoms with Crippen molar-refractivity contribution < 1.29 is 17.9 Å². The Balaban J connectivity index is 1.91. The molecular formula is C26H29ClN2O4S.